The highest BCUT2D eigenvalue weighted by Crippen LogP contribution is 2.18. The summed E-state index contributed by atoms with van der Waals surface area (Å²) in [4.78, 5) is 13.9. The second-order valence-corrected chi connectivity index (χ2v) is 4.86. The summed E-state index contributed by atoms with van der Waals surface area (Å²) in [5.74, 6) is 1.01. The van der Waals surface area contributed by atoms with Crippen molar-refractivity contribution in [3.05, 3.63) is 0 Å². The molecule has 0 bridgehead atoms. The topological polar surface area (TPSA) is 46.3 Å². The maximum absolute atomic E-state index is 11.9. The van der Waals surface area contributed by atoms with Crippen LogP contribution in [-0.2, 0) is 4.79 Å². The summed E-state index contributed by atoms with van der Waals surface area (Å²) in [5, 5.41) is 0. The molecule has 2 N–H and O–H groups in total. The number of likely N-dealkylation sites (tertiary alicyclic amines) is 1. The minimum Gasteiger partial charge on any atom is -0.343 e. The largest absolute Gasteiger partial charge is 0.343 e. The van der Waals surface area contributed by atoms with E-state index in [1.54, 1.807) is 0 Å². The quantitative estimate of drug-likeness (QED) is 0.723. The monoisotopic (exact) mass is 226 g/mol. The third-order valence-electron chi connectivity index (χ3n) is 3.50. The standard InChI is InChI=1S/C13H26N2O/c1-2-5-12(8-9-14)6-7-13(16)15-10-3-4-11-15/h12H,2-11,14H2,1H3. The molecule has 3 heteroatoms. The van der Waals surface area contributed by atoms with E-state index in [-0.39, 0.29) is 0 Å². The van der Waals surface area contributed by atoms with Crippen molar-refractivity contribution in [2.24, 2.45) is 11.7 Å². The van der Waals surface area contributed by atoms with Crippen molar-refractivity contribution in [3.63, 3.8) is 0 Å². The second-order valence-electron chi connectivity index (χ2n) is 4.86. The normalized spacial score (nSPS) is 17.8. The predicted octanol–water partition coefficient (Wildman–Crippen LogP) is 2.15. The molecule has 1 amide bonds. The van der Waals surface area contributed by atoms with E-state index in [1.165, 1.54) is 25.7 Å². The van der Waals surface area contributed by atoms with E-state index in [2.05, 4.69) is 6.92 Å². The van der Waals surface area contributed by atoms with Crippen molar-refractivity contribution >= 4 is 5.91 Å². The Morgan fingerprint density at radius 3 is 2.50 bits per heavy atom. The first-order valence-electron chi connectivity index (χ1n) is 6.75. The number of nitrogens with two attached hydrogens (primary N) is 1. The number of hydrogen-bond acceptors (Lipinski definition) is 2. The van der Waals surface area contributed by atoms with Crippen molar-refractivity contribution in [1.29, 1.82) is 0 Å². The second kappa shape index (κ2) is 7.66. The first-order chi connectivity index (χ1) is 7.77. The Kier molecular flexibility index (Phi) is 6.46. The van der Waals surface area contributed by atoms with E-state index < -0.39 is 0 Å². The van der Waals surface area contributed by atoms with Gasteiger partial charge in [0.15, 0.2) is 0 Å². The minimum atomic E-state index is 0.357. The van der Waals surface area contributed by atoms with E-state index in [0.29, 0.717) is 11.8 Å². The van der Waals surface area contributed by atoms with Crippen LogP contribution in [0.1, 0.15) is 51.9 Å². The van der Waals surface area contributed by atoms with Crippen LogP contribution in [0.15, 0.2) is 0 Å². The van der Waals surface area contributed by atoms with Gasteiger partial charge in [0.25, 0.3) is 0 Å². The molecular weight excluding hydrogens is 200 g/mol. The van der Waals surface area contributed by atoms with Gasteiger partial charge in [-0.1, -0.05) is 19.8 Å². The van der Waals surface area contributed by atoms with Gasteiger partial charge in [-0.05, 0) is 38.1 Å². The highest BCUT2D eigenvalue weighted by atomic mass is 16.2. The van der Waals surface area contributed by atoms with Crippen LogP contribution >= 0.6 is 0 Å². The Bertz CT molecular complexity index is 194. The van der Waals surface area contributed by atoms with E-state index in [9.17, 15) is 4.79 Å². The molecule has 94 valence electrons. The molecule has 1 fully saturated rings. The molecule has 1 aliphatic heterocycles. The summed E-state index contributed by atoms with van der Waals surface area (Å²) in [6, 6.07) is 0. The van der Waals surface area contributed by atoms with Gasteiger partial charge < -0.3 is 10.6 Å². The van der Waals surface area contributed by atoms with E-state index >= 15 is 0 Å². The zero-order valence-corrected chi connectivity index (χ0v) is 10.6. The van der Waals surface area contributed by atoms with Gasteiger partial charge in [0.2, 0.25) is 5.91 Å². The Morgan fingerprint density at radius 1 is 1.25 bits per heavy atom. The average molecular weight is 226 g/mol. The summed E-state index contributed by atoms with van der Waals surface area (Å²) in [7, 11) is 0. The molecule has 1 saturated heterocycles. The Labute approximate surface area is 99.4 Å². The van der Waals surface area contributed by atoms with Crippen molar-refractivity contribution < 1.29 is 4.79 Å². The summed E-state index contributed by atoms with van der Waals surface area (Å²) in [6.45, 7) is 4.91. The molecule has 1 atom stereocenters. The van der Waals surface area contributed by atoms with Crippen LogP contribution in [0.4, 0.5) is 0 Å². The van der Waals surface area contributed by atoms with Crippen molar-refractivity contribution in [3.8, 4) is 0 Å². The smallest absolute Gasteiger partial charge is 0.222 e. The van der Waals surface area contributed by atoms with Crippen LogP contribution in [0.25, 0.3) is 0 Å². The SMILES string of the molecule is CCCC(CCN)CCC(=O)N1CCCC1. The number of amides is 1. The Hall–Kier alpha value is -0.570. The average Bonchev–Trinajstić information content (AvgIpc) is 2.79. The molecular formula is C13H26N2O. The van der Waals surface area contributed by atoms with Gasteiger partial charge >= 0.3 is 0 Å². The van der Waals surface area contributed by atoms with Crippen molar-refractivity contribution in [2.45, 2.75) is 51.9 Å². The van der Waals surface area contributed by atoms with Crippen molar-refractivity contribution in [1.82, 2.24) is 4.90 Å². The third-order valence-corrected chi connectivity index (χ3v) is 3.50. The van der Waals surface area contributed by atoms with Gasteiger partial charge in [0.1, 0.15) is 0 Å². The number of carbonyl (C=O) groups is 1. The number of hydrogen-bond donors (Lipinski definition) is 1. The van der Waals surface area contributed by atoms with Crippen molar-refractivity contribution in [2.75, 3.05) is 19.6 Å². The lowest BCUT2D eigenvalue weighted by atomic mass is 9.94. The number of carbonyl (C=O) groups excluding carboxylic acids is 1. The lowest BCUT2D eigenvalue weighted by Gasteiger charge is -2.18. The van der Waals surface area contributed by atoms with Crippen LogP contribution in [-0.4, -0.2) is 30.4 Å². The third kappa shape index (κ3) is 4.52. The summed E-state index contributed by atoms with van der Waals surface area (Å²) < 4.78 is 0. The molecule has 0 aromatic heterocycles. The maximum Gasteiger partial charge on any atom is 0.222 e. The van der Waals surface area contributed by atoms with Crippen LogP contribution in [0, 0.1) is 5.92 Å². The predicted molar refractivity (Wildman–Crippen MR) is 67.1 cm³/mol. The van der Waals surface area contributed by atoms with Gasteiger partial charge in [0, 0.05) is 19.5 Å². The molecule has 0 saturated carbocycles. The maximum atomic E-state index is 11.9. The van der Waals surface area contributed by atoms with Gasteiger partial charge in [-0.15, -0.1) is 0 Å². The van der Waals surface area contributed by atoms with Gasteiger partial charge in [-0.25, -0.2) is 0 Å². The molecule has 0 radical (unpaired) electrons. The summed E-state index contributed by atoms with van der Waals surface area (Å²) in [5.41, 5.74) is 5.59. The first-order valence-corrected chi connectivity index (χ1v) is 6.75. The highest BCUT2D eigenvalue weighted by molar-refractivity contribution is 5.76. The van der Waals surface area contributed by atoms with Crippen LogP contribution in [0.2, 0.25) is 0 Å². The fourth-order valence-corrected chi connectivity index (χ4v) is 2.53. The molecule has 0 aliphatic carbocycles. The molecule has 16 heavy (non-hydrogen) atoms. The molecule has 0 aromatic carbocycles. The lowest BCUT2D eigenvalue weighted by molar-refractivity contribution is -0.130. The Morgan fingerprint density at radius 2 is 1.94 bits per heavy atom. The van der Waals surface area contributed by atoms with Gasteiger partial charge in [-0.3, -0.25) is 4.79 Å². The Balaban J connectivity index is 2.21. The first kappa shape index (κ1) is 13.5. The highest BCUT2D eigenvalue weighted by Gasteiger charge is 2.18. The van der Waals surface area contributed by atoms with Gasteiger partial charge in [0.05, 0.1) is 0 Å². The van der Waals surface area contributed by atoms with Crippen LogP contribution in [0.5, 0.6) is 0 Å². The number of rotatable bonds is 7. The molecule has 0 aromatic rings. The molecule has 1 aliphatic rings. The lowest BCUT2D eigenvalue weighted by Crippen LogP contribution is -2.28. The fourth-order valence-electron chi connectivity index (χ4n) is 2.53. The molecule has 1 rings (SSSR count). The minimum absolute atomic E-state index is 0.357. The molecule has 1 heterocycles. The zero-order valence-electron chi connectivity index (χ0n) is 10.6. The van der Waals surface area contributed by atoms with Crippen LogP contribution < -0.4 is 5.73 Å². The summed E-state index contributed by atoms with van der Waals surface area (Å²) >= 11 is 0. The van der Waals surface area contributed by atoms with Crippen LogP contribution in [0.3, 0.4) is 0 Å². The summed E-state index contributed by atoms with van der Waals surface area (Å²) in [6.07, 6.45) is 7.61. The number of nitrogens with zero attached hydrogens (tertiary/aromatic N) is 1. The van der Waals surface area contributed by atoms with E-state index in [0.717, 1.165) is 38.9 Å². The van der Waals surface area contributed by atoms with Gasteiger partial charge in [-0.2, -0.15) is 0 Å². The fraction of sp³-hybridized carbons (Fsp3) is 0.923. The molecule has 0 spiro atoms. The zero-order chi connectivity index (χ0) is 11.8. The molecule has 1 unspecified atom stereocenters. The van der Waals surface area contributed by atoms with E-state index in [1.807, 2.05) is 4.90 Å². The molecule has 3 nitrogen and oxygen atoms in total. The van der Waals surface area contributed by atoms with E-state index in [4.69, 9.17) is 5.73 Å².